The molecule has 0 fully saturated rings. The Morgan fingerprint density at radius 3 is 2.35 bits per heavy atom. The molecule has 0 saturated heterocycles. The van der Waals surface area contributed by atoms with Crippen molar-refractivity contribution in [3.05, 3.63) is 35.9 Å². The average Bonchev–Trinajstić information content (AvgIpc) is 2.36. The molecule has 20 heavy (non-hydrogen) atoms. The van der Waals surface area contributed by atoms with Crippen LogP contribution in [0.3, 0.4) is 0 Å². The van der Waals surface area contributed by atoms with Crippen LogP contribution in [0.1, 0.15) is 32.3 Å². The first-order chi connectivity index (χ1) is 9.47. The van der Waals surface area contributed by atoms with Gasteiger partial charge in [0.15, 0.2) is 0 Å². The second-order valence-corrected chi connectivity index (χ2v) is 4.71. The highest BCUT2D eigenvalue weighted by Gasteiger charge is 2.16. The summed E-state index contributed by atoms with van der Waals surface area (Å²) in [5, 5.41) is 8.57. The Balaban J connectivity index is 2.26. The van der Waals surface area contributed by atoms with Gasteiger partial charge in [-0.3, -0.25) is 9.59 Å². The number of carboxylic acid groups (broad SMARTS) is 1. The average molecular weight is 280 g/mol. The van der Waals surface area contributed by atoms with Crippen molar-refractivity contribution in [2.45, 2.75) is 45.5 Å². The summed E-state index contributed by atoms with van der Waals surface area (Å²) in [5.41, 5.74) is 1.03. The lowest BCUT2D eigenvalue weighted by atomic mass is 10.2. The molecular formula is C15H20O5. The monoisotopic (exact) mass is 280 g/mol. The Hall–Kier alpha value is -1.88. The number of hydrogen-bond donors (Lipinski definition) is 1. The van der Waals surface area contributed by atoms with Gasteiger partial charge in [-0.2, -0.15) is 0 Å². The molecule has 0 unspecified atom stereocenters. The van der Waals surface area contributed by atoms with Gasteiger partial charge in [0.05, 0.1) is 25.6 Å². The second-order valence-electron chi connectivity index (χ2n) is 4.71. The SMILES string of the molecule is C[C@H](CC(=O)O[C@H](C)CC(=O)O)OCc1ccccc1. The fourth-order valence-corrected chi connectivity index (χ4v) is 1.67. The Labute approximate surface area is 118 Å². The van der Waals surface area contributed by atoms with Crippen LogP contribution in [-0.2, 0) is 25.7 Å². The first-order valence-electron chi connectivity index (χ1n) is 6.54. The van der Waals surface area contributed by atoms with Gasteiger partial charge in [-0.25, -0.2) is 0 Å². The van der Waals surface area contributed by atoms with E-state index in [-0.39, 0.29) is 18.9 Å². The minimum absolute atomic E-state index is 0.108. The molecule has 0 aliphatic heterocycles. The quantitative estimate of drug-likeness (QED) is 0.740. The van der Waals surface area contributed by atoms with Gasteiger partial charge in [-0.1, -0.05) is 30.3 Å². The number of carbonyl (C=O) groups is 2. The van der Waals surface area contributed by atoms with Crippen LogP contribution >= 0.6 is 0 Å². The molecule has 1 N–H and O–H groups in total. The lowest BCUT2D eigenvalue weighted by molar-refractivity contribution is -0.154. The molecule has 1 aromatic carbocycles. The molecule has 0 spiro atoms. The molecule has 5 heteroatoms. The molecule has 0 heterocycles. The molecule has 5 nitrogen and oxygen atoms in total. The molecule has 0 saturated carbocycles. The Morgan fingerprint density at radius 1 is 1.10 bits per heavy atom. The smallest absolute Gasteiger partial charge is 0.308 e. The van der Waals surface area contributed by atoms with Crippen molar-refractivity contribution in [3.8, 4) is 0 Å². The van der Waals surface area contributed by atoms with Crippen LogP contribution < -0.4 is 0 Å². The number of carboxylic acids is 1. The number of rotatable bonds is 8. The fourth-order valence-electron chi connectivity index (χ4n) is 1.67. The van der Waals surface area contributed by atoms with Gasteiger partial charge in [0.1, 0.15) is 6.10 Å². The van der Waals surface area contributed by atoms with Gasteiger partial charge in [0, 0.05) is 0 Å². The van der Waals surface area contributed by atoms with Crippen molar-refractivity contribution in [3.63, 3.8) is 0 Å². The van der Waals surface area contributed by atoms with Crippen LogP contribution in [0.25, 0.3) is 0 Å². The number of carbonyl (C=O) groups excluding carboxylic acids is 1. The number of ether oxygens (including phenoxy) is 2. The predicted octanol–water partition coefficient (Wildman–Crippen LogP) is 2.39. The maximum atomic E-state index is 11.6. The van der Waals surface area contributed by atoms with Gasteiger partial charge in [-0.15, -0.1) is 0 Å². The van der Waals surface area contributed by atoms with Gasteiger partial charge >= 0.3 is 11.9 Å². The number of hydrogen-bond acceptors (Lipinski definition) is 4. The molecule has 2 atom stereocenters. The van der Waals surface area contributed by atoms with Gasteiger partial charge in [0.25, 0.3) is 0 Å². The molecule has 0 aromatic heterocycles. The zero-order valence-electron chi connectivity index (χ0n) is 11.7. The van der Waals surface area contributed by atoms with Gasteiger partial charge in [-0.05, 0) is 19.4 Å². The Morgan fingerprint density at radius 2 is 1.75 bits per heavy atom. The largest absolute Gasteiger partial charge is 0.481 e. The van der Waals surface area contributed by atoms with Crippen LogP contribution in [-0.4, -0.2) is 29.3 Å². The topological polar surface area (TPSA) is 72.8 Å². The molecular weight excluding hydrogens is 260 g/mol. The van der Waals surface area contributed by atoms with Crippen molar-refractivity contribution in [2.24, 2.45) is 0 Å². The summed E-state index contributed by atoms with van der Waals surface area (Å²) < 4.78 is 10.5. The van der Waals surface area contributed by atoms with Gasteiger partial charge in [0.2, 0.25) is 0 Å². The van der Waals surface area contributed by atoms with Crippen LogP contribution in [0, 0.1) is 0 Å². The summed E-state index contributed by atoms with van der Waals surface area (Å²) in [4.78, 5) is 22.0. The Kier molecular flexibility index (Phi) is 6.73. The number of esters is 1. The highest BCUT2D eigenvalue weighted by atomic mass is 16.5. The van der Waals surface area contributed by atoms with E-state index in [1.54, 1.807) is 13.8 Å². The normalized spacial score (nSPS) is 13.5. The molecule has 1 rings (SSSR count). The molecule has 0 bridgehead atoms. The third-order valence-electron chi connectivity index (χ3n) is 2.63. The van der Waals surface area contributed by atoms with Crippen LogP contribution in [0.5, 0.6) is 0 Å². The van der Waals surface area contributed by atoms with Crippen molar-refractivity contribution < 1.29 is 24.2 Å². The summed E-state index contributed by atoms with van der Waals surface area (Å²) in [5.74, 6) is -1.43. The van der Waals surface area contributed by atoms with Crippen LogP contribution in [0.15, 0.2) is 30.3 Å². The van der Waals surface area contributed by atoms with E-state index < -0.39 is 18.0 Å². The third kappa shape index (κ3) is 6.89. The number of aliphatic carboxylic acids is 1. The minimum Gasteiger partial charge on any atom is -0.481 e. The molecule has 0 amide bonds. The zero-order valence-corrected chi connectivity index (χ0v) is 11.7. The van der Waals surface area contributed by atoms with Gasteiger partial charge < -0.3 is 14.6 Å². The first kappa shape index (κ1) is 16.2. The highest BCUT2D eigenvalue weighted by molar-refractivity contribution is 5.71. The van der Waals surface area contributed by atoms with Crippen molar-refractivity contribution in [1.29, 1.82) is 0 Å². The summed E-state index contributed by atoms with van der Waals surface area (Å²) in [6.45, 7) is 3.77. The zero-order chi connectivity index (χ0) is 15.0. The van der Waals surface area contributed by atoms with Crippen molar-refractivity contribution in [2.75, 3.05) is 0 Å². The minimum atomic E-state index is -0.987. The molecule has 0 aliphatic rings. The predicted molar refractivity (Wildman–Crippen MR) is 73.1 cm³/mol. The molecule has 0 aliphatic carbocycles. The van der Waals surface area contributed by atoms with E-state index in [1.165, 1.54) is 0 Å². The van der Waals surface area contributed by atoms with Crippen LogP contribution in [0.2, 0.25) is 0 Å². The molecule has 110 valence electrons. The van der Waals surface area contributed by atoms with Crippen molar-refractivity contribution >= 4 is 11.9 Å². The first-order valence-corrected chi connectivity index (χ1v) is 6.54. The highest BCUT2D eigenvalue weighted by Crippen LogP contribution is 2.08. The summed E-state index contributed by atoms with van der Waals surface area (Å²) >= 11 is 0. The van der Waals surface area contributed by atoms with E-state index in [4.69, 9.17) is 14.6 Å². The lowest BCUT2D eigenvalue weighted by Crippen LogP contribution is -2.22. The van der Waals surface area contributed by atoms with E-state index in [9.17, 15) is 9.59 Å². The van der Waals surface area contributed by atoms with E-state index in [1.807, 2.05) is 30.3 Å². The van der Waals surface area contributed by atoms with Crippen LogP contribution in [0.4, 0.5) is 0 Å². The maximum Gasteiger partial charge on any atom is 0.308 e. The van der Waals surface area contributed by atoms with E-state index in [2.05, 4.69) is 0 Å². The van der Waals surface area contributed by atoms with E-state index in [0.717, 1.165) is 5.56 Å². The van der Waals surface area contributed by atoms with Crippen molar-refractivity contribution in [1.82, 2.24) is 0 Å². The molecule has 0 radical (unpaired) electrons. The molecule has 1 aromatic rings. The standard InChI is InChI=1S/C15H20O5/c1-11(19-10-13-6-4-3-5-7-13)9-15(18)20-12(2)8-14(16)17/h3-7,11-12H,8-10H2,1-2H3,(H,16,17)/t11-,12-/m1/s1. The van der Waals surface area contributed by atoms with E-state index >= 15 is 0 Å². The summed E-state index contributed by atoms with van der Waals surface area (Å²) in [6, 6.07) is 9.66. The summed E-state index contributed by atoms with van der Waals surface area (Å²) in [7, 11) is 0. The maximum absolute atomic E-state index is 11.6. The Bertz CT molecular complexity index is 429. The number of benzene rings is 1. The second kappa shape index (κ2) is 8.32. The summed E-state index contributed by atoms with van der Waals surface area (Å²) in [6.07, 6.45) is -0.983. The third-order valence-corrected chi connectivity index (χ3v) is 2.63. The lowest BCUT2D eigenvalue weighted by Gasteiger charge is -2.15. The van der Waals surface area contributed by atoms with E-state index in [0.29, 0.717) is 6.61 Å². The fraction of sp³-hybridized carbons (Fsp3) is 0.467.